The quantitative estimate of drug-likeness (QED) is 0.0544. The highest BCUT2D eigenvalue weighted by atomic mass is 35.5. The first kappa shape index (κ1) is 38.8. The maximum absolute atomic E-state index is 13.7. The molecule has 59 heavy (non-hydrogen) atoms. The molecule has 6 aromatic carbocycles. The highest BCUT2D eigenvalue weighted by Crippen LogP contribution is 2.33. The molecule has 5 N–H and O–H groups in total. The SMILES string of the molecule is Cl.O=C(CC(CC(=O)NCCNc1c2ccccc2nc2ccccc12)Nc1c2ccccc2nc2ccccc12)NCCNc1c2ccccc2nc2ccccc12. The van der Waals surface area contributed by atoms with Gasteiger partial charge in [-0.05, 0) is 36.4 Å². The van der Waals surface area contributed by atoms with E-state index in [1.165, 1.54) is 0 Å². The third-order valence-corrected chi connectivity index (χ3v) is 10.5. The summed E-state index contributed by atoms with van der Waals surface area (Å²) in [6.07, 6.45) is 0.180. The number of fused-ring (bicyclic) bond motifs is 6. The number of aromatic nitrogens is 3. The van der Waals surface area contributed by atoms with Gasteiger partial charge in [0.2, 0.25) is 11.8 Å². The Morgan fingerprint density at radius 3 is 0.966 bits per heavy atom. The van der Waals surface area contributed by atoms with Gasteiger partial charge in [0.1, 0.15) is 0 Å². The summed E-state index contributed by atoms with van der Waals surface area (Å²) < 4.78 is 0. The largest absolute Gasteiger partial charge is 0.382 e. The predicted octanol–water partition coefficient (Wildman–Crippen LogP) is 9.23. The van der Waals surface area contributed by atoms with Crippen molar-refractivity contribution < 1.29 is 9.59 Å². The summed E-state index contributed by atoms with van der Waals surface area (Å²) in [5, 5.41) is 22.9. The molecule has 0 aliphatic heterocycles. The number of para-hydroxylation sites is 6. The number of carbonyl (C=O) groups excluding carboxylic acids is 2. The van der Waals surface area contributed by atoms with Gasteiger partial charge >= 0.3 is 0 Å². The van der Waals surface area contributed by atoms with Gasteiger partial charge in [-0.3, -0.25) is 9.59 Å². The zero-order valence-corrected chi connectivity index (χ0v) is 33.1. The van der Waals surface area contributed by atoms with E-state index in [-0.39, 0.29) is 37.1 Å². The van der Waals surface area contributed by atoms with Crippen LogP contribution in [0.15, 0.2) is 146 Å². The second kappa shape index (κ2) is 17.6. The first-order valence-corrected chi connectivity index (χ1v) is 19.7. The Balaban J connectivity index is 0.00000484. The first-order valence-electron chi connectivity index (χ1n) is 19.7. The maximum Gasteiger partial charge on any atom is 0.222 e. The van der Waals surface area contributed by atoms with Crippen molar-refractivity contribution in [1.82, 2.24) is 25.6 Å². The van der Waals surface area contributed by atoms with Crippen LogP contribution in [0.3, 0.4) is 0 Å². The van der Waals surface area contributed by atoms with E-state index in [0.717, 1.165) is 82.5 Å². The van der Waals surface area contributed by atoms with Crippen molar-refractivity contribution >= 4 is 107 Å². The Morgan fingerprint density at radius 2 is 0.661 bits per heavy atom. The molecule has 0 unspecified atom stereocenters. The van der Waals surface area contributed by atoms with Crippen LogP contribution in [0.4, 0.5) is 17.1 Å². The molecule has 0 bridgehead atoms. The minimum atomic E-state index is -0.503. The molecule has 0 fully saturated rings. The van der Waals surface area contributed by atoms with Crippen LogP contribution in [-0.4, -0.2) is 59.0 Å². The lowest BCUT2D eigenvalue weighted by molar-refractivity contribution is -0.122. The number of hydrogen-bond donors (Lipinski definition) is 5. The molecule has 10 nitrogen and oxygen atoms in total. The highest BCUT2D eigenvalue weighted by molar-refractivity contribution is 6.09. The number of halogens is 1. The highest BCUT2D eigenvalue weighted by Gasteiger charge is 2.21. The van der Waals surface area contributed by atoms with Crippen molar-refractivity contribution in [3.05, 3.63) is 146 Å². The van der Waals surface area contributed by atoms with Gasteiger partial charge in [-0.1, -0.05) is 109 Å². The number of pyridine rings is 3. The fraction of sp³-hybridized carbons (Fsp3) is 0.146. The van der Waals surface area contributed by atoms with E-state index in [9.17, 15) is 9.59 Å². The number of amides is 2. The number of rotatable bonds is 14. The van der Waals surface area contributed by atoms with Crippen molar-refractivity contribution in [2.75, 3.05) is 42.1 Å². The molecule has 0 radical (unpaired) electrons. The lowest BCUT2D eigenvalue weighted by Crippen LogP contribution is -2.38. The summed E-state index contributed by atoms with van der Waals surface area (Å²) in [6, 6.07) is 47.6. The average Bonchev–Trinajstić information content (AvgIpc) is 3.25. The summed E-state index contributed by atoms with van der Waals surface area (Å²) in [6.45, 7) is 1.82. The van der Waals surface area contributed by atoms with E-state index in [2.05, 4.69) is 50.8 Å². The fourth-order valence-corrected chi connectivity index (χ4v) is 7.81. The number of hydrogen-bond acceptors (Lipinski definition) is 8. The van der Waals surface area contributed by atoms with E-state index in [4.69, 9.17) is 15.0 Å². The minimum Gasteiger partial charge on any atom is -0.382 e. The number of carbonyl (C=O) groups is 2. The molecule has 0 aliphatic rings. The van der Waals surface area contributed by atoms with Crippen molar-refractivity contribution in [3.8, 4) is 0 Å². The average molecular weight is 799 g/mol. The predicted molar refractivity (Wildman–Crippen MR) is 245 cm³/mol. The molecule has 9 rings (SSSR count). The lowest BCUT2D eigenvalue weighted by atomic mass is 10.0. The van der Waals surface area contributed by atoms with Crippen molar-refractivity contribution in [1.29, 1.82) is 0 Å². The Labute approximate surface area is 347 Å². The smallest absolute Gasteiger partial charge is 0.222 e. The Kier molecular flexibility index (Phi) is 11.6. The molecule has 0 saturated carbocycles. The van der Waals surface area contributed by atoms with Crippen molar-refractivity contribution in [3.63, 3.8) is 0 Å². The van der Waals surface area contributed by atoms with Crippen LogP contribution in [-0.2, 0) is 9.59 Å². The number of anilines is 3. The monoisotopic (exact) mass is 798 g/mol. The van der Waals surface area contributed by atoms with E-state index >= 15 is 0 Å². The zero-order valence-electron chi connectivity index (χ0n) is 32.2. The molecule has 11 heteroatoms. The van der Waals surface area contributed by atoms with Crippen LogP contribution in [0.5, 0.6) is 0 Å². The fourth-order valence-electron chi connectivity index (χ4n) is 7.81. The third-order valence-electron chi connectivity index (χ3n) is 10.5. The standard InChI is InChI=1S/C48H42N8O2.ClH/c57-44(49-25-27-51-46-32-13-1-7-19-38(32)54-39-20-8-2-14-33(39)46)29-31(53-48-36-17-5-11-23-42(36)56-43-24-12-6-18-37(43)48)30-45(58)50-26-28-52-47-34-15-3-9-21-40(34)55-41-22-10-4-16-35(41)47;/h1-24,31H,25-30H2,(H,49,57)(H,50,58)(H,51,54)(H,52,55)(H,53,56);1H. The molecular weight excluding hydrogens is 756 g/mol. The molecule has 294 valence electrons. The first-order chi connectivity index (χ1) is 28.6. The van der Waals surface area contributed by atoms with Gasteiger partial charge in [-0.25, -0.2) is 15.0 Å². The summed E-state index contributed by atoms with van der Waals surface area (Å²) in [5.41, 5.74) is 8.13. The van der Waals surface area contributed by atoms with E-state index in [0.29, 0.717) is 26.2 Å². The molecule has 9 aromatic rings. The summed E-state index contributed by atoms with van der Waals surface area (Å²) in [4.78, 5) is 41.9. The summed E-state index contributed by atoms with van der Waals surface area (Å²) >= 11 is 0. The minimum absolute atomic E-state index is 0. The molecule has 2 amide bonds. The van der Waals surface area contributed by atoms with Crippen molar-refractivity contribution in [2.45, 2.75) is 18.9 Å². The van der Waals surface area contributed by atoms with Gasteiger partial charge in [0.15, 0.2) is 0 Å². The van der Waals surface area contributed by atoms with Gasteiger partial charge in [-0.2, -0.15) is 0 Å². The third kappa shape index (κ3) is 8.35. The molecule has 0 saturated heterocycles. The van der Waals surface area contributed by atoms with Crippen molar-refractivity contribution in [2.24, 2.45) is 0 Å². The van der Waals surface area contributed by atoms with Gasteiger partial charge in [-0.15, -0.1) is 12.4 Å². The molecule has 0 atom stereocenters. The summed E-state index contributed by atoms with van der Waals surface area (Å²) in [7, 11) is 0. The van der Waals surface area contributed by atoms with E-state index < -0.39 is 6.04 Å². The van der Waals surface area contributed by atoms with E-state index in [1.807, 2.05) is 121 Å². The molecular formula is C48H43ClN8O2. The number of nitrogens with zero attached hydrogens (tertiary/aromatic N) is 3. The number of benzene rings is 6. The van der Waals surface area contributed by atoms with Crippen LogP contribution in [0.2, 0.25) is 0 Å². The normalized spacial score (nSPS) is 11.3. The van der Waals surface area contributed by atoms with Crippen LogP contribution in [0, 0.1) is 0 Å². The Morgan fingerprint density at radius 1 is 0.390 bits per heavy atom. The van der Waals surface area contributed by atoms with Gasteiger partial charge in [0.25, 0.3) is 0 Å². The van der Waals surface area contributed by atoms with Crippen LogP contribution < -0.4 is 26.6 Å². The second-order valence-electron chi connectivity index (χ2n) is 14.4. The number of nitrogens with one attached hydrogen (secondary N) is 5. The Hall–Kier alpha value is -7.04. The molecule has 3 heterocycles. The lowest BCUT2D eigenvalue weighted by Gasteiger charge is -2.22. The Bertz CT molecular complexity index is 2670. The van der Waals surface area contributed by atoms with Gasteiger partial charge in [0.05, 0.1) is 50.2 Å². The molecule has 0 aliphatic carbocycles. The molecule has 0 spiro atoms. The molecule has 3 aromatic heterocycles. The van der Waals surface area contributed by atoms with Gasteiger partial charge in [0, 0.05) is 77.4 Å². The zero-order chi connectivity index (χ0) is 39.3. The van der Waals surface area contributed by atoms with Crippen LogP contribution in [0.25, 0.3) is 65.4 Å². The topological polar surface area (TPSA) is 133 Å². The maximum atomic E-state index is 13.7. The van der Waals surface area contributed by atoms with Gasteiger partial charge < -0.3 is 26.6 Å². The second-order valence-corrected chi connectivity index (χ2v) is 14.4. The van der Waals surface area contributed by atoms with Crippen LogP contribution in [0.1, 0.15) is 12.8 Å². The van der Waals surface area contributed by atoms with Crippen LogP contribution >= 0.6 is 12.4 Å². The van der Waals surface area contributed by atoms with E-state index in [1.54, 1.807) is 0 Å². The summed E-state index contributed by atoms with van der Waals surface area (Å²) in [5.74, 6) is -0.311.